The number of carbonyl (C=O) groups is 1. The number of benzene rings is 1. The third-order valence-electron chi connectivity index (χ3n) is 6.98. The Morgan fingerprint density at radius 2 is 1.78 bits per heavy atom. The number of nitrogens with one attached hydrogen (secondary N) is 1. The van der Waals surface area contributed by atoms with Crippen molar-refractivity contribution in [3.8, 4) is 0 Å². The molecule has 168 valence electrons. The molecule has 0 radical (unpaired) electrons. The maximum absolute atomic E-state index is 14.0. The van der Waals surface area contributed by atoms with Gasteiger partial charge in [0.1, 0.15) is 5.76 Å². The first-order valence-corrected chi connectivity index (χ1v) is 10.8. The summed E-state index contributed by atoms with van der Waals surface area (Å²) in [6.07, 6.45) is 3.17. The Bertz CT molecular complexity index is 1280. The van der Waals surface area contributed by atoms with Crippen LogP contribution in [-0.4, -0.2) is 38.7 Å². The highest BCUT2D eigenvalue weighted by molar-refractivity contribution is 5.94. The van der Waals surface area contributed by atoms with Crippen LogP contribution >= 0.6 is 0 Å². The summed E-state index contributed by atoms with van der Waals surface area (Å²) >= 11 is 0. The lowest BCUT2D eigenvalue weighted by molar-refractivity contribution is 0.0571. The van der Waals surface area contributed by atoms with Crippen LogP contribution in [0.3, 0.4) is 0 Å². The van der Waals surface area contributed by atoms with E-state index in [1.807, 2.05) is 11.8 Å². The molecule has 0 saturated carbocycles. The van der Waals surface area contributed by atoms with E-state index in [9.17, 15) is 18.4 Å². The fraction of sp³-hybridized carbons (Fsp3) is 0.435. The molecule has 2 fully saturated rings. The average Bonchev–Trinajstić information content (AvgIpc) is 3.23. The monoisotopic (exact) mass is 442 g/mol. The number of halogens is 2. The average molecular weight is 442 g/mol. The Labute approximate surface area is 183 Å². The molecule has 7 nitrogen and oxygen atoms in total. The summed E-state index contributed by atoms with van der Waals surface area (Å²) in [6.45, 7) is 3.62. The van der Waals surface area contributed by atoms with Crippen LogP contribution in [-0.2, 0) is 7.05 Å². The summed E-state index contributed by atoms with van der Waals surface area (Å²) in [4.78, 5) is 27.5. The number of pyridine rings is 1. The maximum Gasteiger partial charge on any atom is 0.276 e. The SMILES string of the molecule is Cc1onc(C(=O)N2[C@@H]3CC[C@H]2CC(Nc2cc(=O)n(C)c4cc(F)c(F)cc24)C3)c1C. The number of amides is 1. The number of piperidine rings is 1. The lowest BCUT2D eigenvalue weighted by atomic mass is 9.96. The molecule has 2 aromatic heterocycles. The molecule has 2 aliphatic heterocycles. The molecular formula is C23H24F2N4O3. The molecule has 5 rings (SSSR count). The minimum Gasteiger partial charge on any atom is -0.381 e. The van der Waals surface area contributed by atoms with Gasteiger partial charge in [-0.2, -0.15) is 0 Å². The van der Waals surface area contributed by atoms with Crippen LogP contribution < -0.4 is 10.9 Å². The second kappa shape index (κ2) is 7.43. The lowest BCUT2D eigenvalue weighted by Gasteiger charge is -2.39. The van der Waals surface area contributed by atoms with Gasteiger partial charge in [0.15, 0.2) is 17.3 Å². The van der Waals surface area contributed by atoms with Gasteiger partial charge in [0.2, 0.25) is 0 Å². The van der Waals surface area contributed by atoms with E-state index in [1.165, 1.54) is 17.7 Å². The van der Waals surface area contributed by atoms with Gasteiger partial charge >= 0.3 is 0 Å². The first-order chi connectivity index (χ1) is 15.2. The molecule has 0 spiro atoms. The van der Waals surface area contributed by atoms with Gasteiger partial charge in [-0.25, -0.2) is 8.78 Å². The third kappa shape index (κ3) is 3.18. The zero-order chi connectivity index (χ0) is 22.7. The molecule has 32 heavy (non-hydrogen) atoms. The van der Waals surface area contributed by atoms with Crippen LogP contribution in [0.2, 0.25) is 0 Å². The zero-order valence-electron chi connectivity index (χ0n) is 18.1. The first kappa shape index (κ1) is 20.7. The Morgan fingerprint density at radius 1 is 1.12 bits per heavy atom. The van der Waals surface area contributed by atoms with Crippen LogP contribution in [0.1, 0.15) is 47.5 Å². The first-order valence-electron chi connectivity index (χ1n) is 10.8. The summed E-state index contributed by atoms with van der Waals surface area (Å²) < 4.78 is 34.2. The van der Waals surface area contributed by atoms with Gasteiger partial charge in [-0.1, -0.05) is 5.16 Å². The Kier molecular flexibility index (Phi) is 4.79. The number of anilines is 1. The van der Waals surface area contributed by atoms with Crippen molar-refractivity contribution in [1.82, 2.24) is 14.6 Å². The van der Waals surface area contributed by atoms with Gasteiger partial charge < -0.3 is 19.3 Å². The van der Waals surface area contributed by atoms with Crippen molar-refractivity contribution in [1.29, 1.82) is 0 Å². The van der Waals surface area contributed by atoms with Crippen molar-refractivity contribution in [2.24, 2.45) is 7.05 Å². The van der Waals surface area contributed by atoms with E-state index < -0.39 is 11.6 Å². The van der Waals surface area contributed by atoms with Gasteiger partial charge in [-0.3, -0.25) is 9.59 Å². The Balaban J connectivity index is 1.42. The van der Waals surface area contributed by atoms with Crippen LogP contribution in [0.5, 0.6) is 0 Å². The van der Waals surface area contributed by atoms with E-state index in [2.05, 4.69) is 10.5 Å². The zero-order valence-corrected chi connectivity index (χ0v) is 18.1. The van der Waals surface area contributed by atoms with Gasteiger partial charge in [-0.05, 0) is 45.6 Å². The second-order valence-corrected chi connectivity index (χ2v) is 8.86. The lowest BCUT2D eigenvalue weighted by Crippen LogP contribution is -2.50. The molecule has 1 aromatic carbocycles. The number of hydrogen-bond acceptors (Lipinski definition) is 5. The highest BCUT2D eigenvalue weighted by Crippen LogP contribution is 2.38. The predicted octanol–water partition coefficient (Wildman–Crippen LogP) is 3.67. The van der Waals surface area contributed by atoms with Crippen molar-refractivity contribution in [2.75, 3.05) is 5.32 Å². The van der Waals surface area contributed by atoms with E-state index >= 15 is 0 Å². The van der Waals surface area contributed by atoms with Crippen LogP contribution in [0.25, 0.3) is 10.9 Å². The van der Waals surface area contributed by atoms with E-state index in [0.29, 0.717) is 40.9 Å². The fourth-order valence-corrected chi connectivity index (χ4v) is 5.15. The standard InChI is InChI=1S/C23H24F2N4O3/c1-11-12(2)32-27-22(11)23(31)29-14-4-5-15(29)7-13(6-14)26-19-10-21(30)28(3)20-9-18(25)17(24)8-16(19)20/h8-10,13-15,26H,4-7H2,1-3H3/t13?,14-,15+. The van der Waals surface area contributed by atoms with Gasteiger partial charge in [0.05, 0.1) is 5.52 Å². The van der Waals surface area contributed by atoms with Crippen LogP contribution in [0.15, 0.2) is 27.5 Å². The molecule has 0 aliphatic carbocycles. The predicted molar refractivity (Wildman–Crippen MR) is 115 cm³/mol. The van der Waals surface area contributed by atoms with Crippen molar-refractivity contribution in [3.63, 3.8) is 0 Å². The Morgan fingerprint density at radius 3 is 2.41 bits per heavy atom. The summed E-state index contributed by atoms with van der Waals surface area (Å²) in [7, 11) is 1.53. The van der Waals surface area contributed by atoms with E-state index in [0.717, 1.165) is 30.5 Å². The quantitative estimate of drug-likeness (QED) is 0.670. The highest BCUT2D eigenvalue weighted by atomic mass is 19.2. The highest BCUT2D eigenvalue weighted by Gasteiger charge is 2.44. The molecule has 3 atom stereocenters. The molecule has 2 aliphatic rings. The summed E-state index contributed by atoms with van der Waals surface area (Å²) in [5.74, 6) is -1.42. The van der Waals surface area contributed by atoms with Crippen molar-refractivity contribution < 1.29 is 18.1 Å². The van der Waals surface area contributed by atoms with E-state index in [4.69, 9.17) is 4.52 Å². The summed E-state index contributed by atoms with van der Waals surface area (Å²) in [6, 6.07) is 3.67. The van der Waals surface area contributed by atoms with Crippen molar-refractivity contribution in [3.05, 3.63) is 57.2 Å². The number of aryl methyl sites for hydroxylation is 2. The normalized spacial score (nSPS) is 22.5. The maximum atomic E-state index is 14.0. The van der Waals surface area contributed by atoms with Crippen molar-refractivity contribution in [2.45, 2.75) is 57.7 Å². The minimum absolute atomic E-state index is 0.000104. The molecule has 2 bridgehead atoms. The molecular weight excluding hydrogens is 418 g/mol. The fourth-order valence-electron chi connectivity index (χ4n) is 5.15. The number of rotatable bonds is 3. The number of nitrogens with zero attached hydrogens (tertiary/aromatic N) is 3. The molecule has 1 amide bonds. The van der Waals surface area contributed by atoms with E-state index in [-0.39, 0.29) is 29.6 Å². The largest absolute Gasteiger partial charge is 0.381 e. The van der Waals surface area contributed by atoms with Crippen LogP contribution in [0, 0.1) is 25.5 Å². The number of aromatic nitrogens is 2. The van der Waals surface area contributed by atoms with Crippen LogP contribution in [0.4, 0.5) is 14.5 Å². The number of carbonyl (C=O) groups excluding carboxylic acids is 1. The number of hydrogen-bond donors (Lipinski definition) is 1. The smallest absolute Gasteiger partial charge is 0.276 e. The summed E-state index contributed by atoms with van der Waals surface area (Å²) in [5.41, 5.74) is 1.62. The van der Waals surface area contributed by atoms with Gasteiger partial charge in [0.25, 0.3) is 11.5 Å². The molecule has 1 N–H and O–H groups in total. The van der Waals surface area contributed by atoms with Gasteiger partial charge in [0, 0.05) is 53.9 Å². The Hall–Kier alpha value is -3.23. The van der Waals surface area contributed by atoms with E-state index in [1.54, 1.807) is 6.92 Å². The second-order valence-electron chi connectivity index (χ2n) is 8.86. The molecule has 2 saturated heterocycles. The molecule has 1 unspecified atom stereocenters. The van der Waals surface area contributed by atoms with Gasteiger partial charge in [-0.15, -0.1) is 0 Å². The summed E-state index contributed by atoms with van der Waals surface area (Å²) in [5, 5.41) is 7.79. The molecule has 3 aromatic rings. The molecule has 4 heterocycles. The third-order valence-corrected chi connectivity index (χ3v) is 6.98. The molecule has 9 heteroatoms. The number of fused-ring (bicyclic) bond motifs is 3. The van der Waals surface area contributed by atoms with Crippen molar-refractivity contribution >= 4 is 22.5 Å². The minimum atomic E-state index is -0.993. The topological polar surface area (TPSA) is 80.4 Å².